The maximum Gasteiger partial charge on any atom is 0.229 e. The topological polar surface area (TPSA) is 49.4 Å². The molecule has 26 heavy (non-hydrogen) atoms. The molecule has 0 aromatic heterocycles. The fourth-order valence-corrected chi connectivity index (χ4v) is 3.94. The van der Waals surface area contributed by atoms with E-state index in [1.807, 2.05) is 58.0 Å². The molecule has 1 heterocycles. The molecule has 3 rings (SSSR count). The number of carbonyl (C=O) groups is 2. The van der Waals surface area contributed by atoms with E-state index in [2.05, 4.69) is 21.2 Å². The second kappa shape index (κ2) is 7.23. The van der Waals surface area contributed by atoms with Crippen molar-refractivity contribution in [3.8, 4) is 0 Å². The summed E-state index contributed by atoms with van der Waals surface area (Å²) in [5.41, 5.74) is 5.90. The van der Waals surface area contributed by atoms with Gasteiger partial charge >= 0.3 is 0 Å². The molecule has 1 atom stereocenters. The minimum atomic E-state index is -0.343. The molecule has 1 aliphatic rings. The van der Waals surface area contributed by atoms with Crippen molar-refractivity contribution < 1.29 is 9.59 Å². The van der Waals surface area contributed by atoms with Crippen molar-refractivity contribution in [2.24, 2.45) is 5.92 Å². The van der Waals surface area contributed by atoms with Gasteiger partial charge in [-0.2, -0.15) is 0 Å². The highest BCUT2D eigenvalue weighted by Crippen LogP contribution is 2.32. The van der Waals surface area contributed by atoms with E-state index in [0.29, 0.717) is 6.54 Å². The van der Waals surface area contributed by atoms with Gasteiger partial charge in [-0.15, -0.1) is 0 Å². The monoisotopic (exact) mass is 414 g/mol. The van der Waals surface area contributed by atoms with Crippen molar-refractivity contribution in [1.82, 2.24) is 0 Å². The van der Waals surface area contributed by atoms with Crippen molar-refractivity contribution in [1.29, 1.82) is 0 Å². The molecule has 2 aromatic carbocycles. The molecule has 0 bridgehead atoms. The molecule has 2 aromatic rings. The fraction of sp³-hybridized carbons (Fsp3) is 0.333. The Hall–Kier alpha value is -2.14. The Bertz CT molecular complexity index is 872. The summed E-state index contributed by atoms with van der Waals surface area (Å²) in [6.07, 6.45) is 0.244. The van der Waals surface area contributed by atoms with Crippen LogP contribution in [0.2, 0.25) is 0 Å². The number of nitrogens with one attached hydrogen (secondary N) is 1. The number of hydrogen-bond acceptors (Lipinski definition) is 2. The van der Waals surface area contributed by atoms with Gasteiger partial charge in [0.05, 0.1) is 5.92 Å². The average molecular weight is 415 g/mol. The van der Waals surface area contributed by atoms with Crippen molar-refractivity contribution in [3.05, 3.63) is 57.1 Å². The summed E-state index contributed by atoms with van der Waals surface area (Å²) in [4.78, 5) is 27.1. The third-order valence-corrected chi connectivity index (χ3v) is 5.82. The first-order chi connectivity index (χ1) is 12.3. The third kappa shape index (κ3) is 3.54. The van der Waals surface area contributed by atoms with E-state index in [0.717, 1.165) is 38.1 Å². The minimum absolute atomic E-state index is 0.00580. The van der Waals surface area contributed by atoms with E-state index in [1.54, 1.807) is 4.90 Å². The maximum atomic E-state index is 12.8. The first kappa shape index (κ1) is 18.6. The number of anilines is 2. The lowest BCUT2D eigenvalue weighted by atomic mass is 10.1. The summed E-state index contributed by atoms with van der Waals surface area (Å²) < 4.78 is 1.02. The van der Waals surface area contributed by atoms with E-state index in [1.165, 1.54) is 0 Å². The van der Waals surface area contributed by atoms with E-state index in [-0.39, 0.29) is 24.2 Å². The third-order valence-electron chi connectivity index (χ3n) is 4.97. The van der Waals surface area contributed by atoms with Gasteiger partial charge in [-0.1, -0.05) is 34.1 Å². The Balaban J connectivity index is 1.79. The van der Waals surface area contributed by atoms with Gasteiger partial charge in [0.15, 0.2) is 0 Å². The number of nitrogens with zero attached hydrogens (tertiary/aromatic N) is 1. The minimum Gasteiger partial charge on any atom is -0.326 e. The highest BCUT2D eigenvalue weighted by atomic mass is 79.9. The first-order valence-corrected chi connectivity index (χ1v) is 9.51. The first-order valence-electron chi connectivity index (χ1n) is 8.72. The van der Waals surface area contributed by atoms with Gasteiger partial charge in [0.25, 0.3) is 0 Å². The fourth-order valence-electron chi connectivity index (χ4n) is 3.48. The van der Waals surface area contributed by atoms with E-state index in [9.17, 15) is 9.59 Å². The number of amides is 2. The second-order valence-corrected chi connectivity index (χ2v) is 7.91. The van der Waals surface area contributed by atoms with Crippen LogP contribution >= 0.6 is 15.9 Å². The normalized spacial score (nSPS) is 16.9. The van der Waals surface area contributed by atoms with Crippen LogP contribution in [0.5, 0.6) is 0 Å². The van der Waals surface area contributed by atoms with Crippen LogP contribution in [0.25, 0.3) is 0 Å². The zero-order valence-electron chi connectivity index (χ0n) is 15.5. The number of rotatable bonds is 3. The second-order valence-electron chi connectivity index (χ2n) is 7.05. The molecule has 136 valence electrons. The van der Waals surface area contributed by atoms with Crippen molar-refractivity contribution in [2.75, 3.05) is 16.8 Å². The van der Waals surface area contributed by atoms with E-state index >= 15 is 0 Å². The van der Waals surface area contributed by atoms with Crippen LogP contribution < -0.4 is 10.2 Å². The molecule has 0 saturated carbocycles. The number of carbonyl (C=O) groups excluding carboxylic acids is 2. The van der Waals surface area contributed by atoms with Crippen LogP contribution in [0.3, 0.4) is 0 Å². The zero-order chi connectivity index (χ0) is 19.0. The summed E-state index contributed by atoms with van der Waals surface area (Å²) >= 11 is 3.50. The largest absolute Gasteiger partial charge is 0.326 e. The molecule has 0 radical (unpaired) electrons. The summed E-state index contributed by atoms with van der Waals surface area (Å²) in [7, 11) is 0. The molecule has 4 nitrogen and oxygen atoms in total. The summed E-state index contributed by atoms with van der Waals surface area (Å²) in [5.74, 6) is -0.437. The Morgan fingerprint density at radius 2 is 1.73 bits per heavy atom. The molecule has 1 N–H and O–H groups in total. The van der Waals surface area contributed by atoms with Crippen molar-refractivity contribution in [3.63, 3.8) is 0 Å². The number of hydrogen-bond donors (Lipinski definition) is 1. The van der Waals surface area contributed by atoms with Crippen LogP contribution in [-0.2, 0) is 9.59 Å². The highest BCUT2D eigenvalue weighted by Gasteiger charge is 2.36. The summed E-state index contributed by atoms with van der Waals surface area (Å²) in [6, 6.07) is 9.93. The predicted molar refractivity (Wildman–Crippen MR) is 109 cm³/mol. The maximum absolute atomic E-state index is 12.8. The average Bonchev–Trinajstić information content (AvgIpc) is 2.94. The summed E-state index contributed by atoms with van der Waals surface area (Å²) in [6.45, 7) is 8.36. The van der Waals surface area contributed by atoms with Crippen LogP contribution in [0, 0.1) is 33.6 Å². The SMILES string of the molecule is Cc1cc(NC(=O)[C@@H]2CC(=O)N(c3c(C)cccc3C)C2)c(C)cc1Br. The Labute approximate surface area is 162 Å². The number of para-hydroxylation sites is 1. The van der Waals surface area contributed by atoms with Gasteiger partial charge < -0.3 is 10.2 Å². The van der Waals surface area contributed by atoms with E-state index in [4.69, 9.17) is 0 Å². The Morgan fingerprint density at radius 1 is 1.08 bits per heavy atom. The molecule has 0 unspecified atom stereocenters. The lowest BCUT2D eigenvalue weighted by Gasteiger charge is -2.21. The number of aryl methyl sites for hydroxylation is 4. The van der Waals surface area contributed by atoms with Crippen LogP contribution in [0.15, 0.2) is 34.8 Å². The molecule has 1 fully saturated rings. The van der Waals surface area contributed by atoms with Crippen LogP contribution in [0.4, 0.5) is 11.4 Å². The van der Waals surface area contributed by atoms with Crippen molar-refractivity contribution >= 4 is 39.1 Å². The highest BCUT2D eigenvalue weighted by molar-refractivity contribution is 9.10. The zero-order valence-corrected chi connectivity index (χ0v) is 17.1. The molecule has 2 amide bonds. The predicted octanol–water partition coefficient (Wildman–Crippen LogP) is 4.67. The van der Waals surface area contributed by atoms with Gasteiger partial charge in [-0.25, -0.2) is 0 Å². The molecule has 1 aliphatic heterocycles. The standard InChI is InChI=1S/C21H23BrN2O2/c1-12-6-5-7-13(2)20(12)24-11-16(10-19(24)25)21(26)23-18-9-14(3)17(22)8-15(18)4/h5-9,16H,10-11H2,1-4H3,(H,23,26)/t16-/m1/s1. The van der Waals surface area contributed by atoms with Gasteiger partial charge in [0.1, 0.15) is 0 Å². The van der Waals surface area contributed by atoms with Crippen molar-refractivity contribution in [2.45, 2.75) is 34.1 Å². The van der Waals surface area contributed by atoms with Gasteiger partial charge in [0, 0.05) is 28.8 Å². The summed E-state index contributed by atoms with van der Waals surface area (Å²) in [5, 5.41) is 3.00. The Morgan fingerprint density at radius 3 is 2.38 bits per heavy atom. The van der Waals surface area contributed by atoms with Gasteiger partial charge in [-0.3, -0.25) is 9.59 Å². The van der Waals surface area contributed by atoms with Crippen LogP contribution in [-0.4, -0.2) is 18.4 Å². The van der Waals surface area contributed by atoms with E-state index < -0.39 is 0 Å². The van der Waals surface area contributed by atoms with Gasteiger partial charge in [0.2, 0.25) is 11.8 Å². The lowest BCUT2D eigenvalue weighted by molar-refractivity contribution is -0.122. The number of benzene rings is 2. The smallest absolute Gasteiger partial charge is 0.229 e. The molecule has 0 aliphatic carbocycles. The molecule has 5 heteroatoms. The van der Waals surface area contributed by atoms with Crippen LogP contribution in [0.1, 0.15) is 28.7 Å². The lowest BCUT2D eigenvalue weighted by Crippen LogP contribution is -2.29. The number of halogens is 1. The molecular formula is C21H23BrN2O2. The molecular weight excluding hydrogens is 392 g/mol. The van der Waals surface area contributed by atoms with Gasteiger partial charge in [-0.05, 0) is 62.1 Å². The Kier molecular flexibility index (Phi) is 5.19. The molecule has 1 saturated heterocycles. The quantitative estimate of drug-likeness (QED) is 0.792. The molecule has 0 spiro atoms.